The molecule has 1 atom stereocenters. The number of aryl methyl sites for hydroxylation is 1. The van der Waals surface area contributed by atoms with Crippen molar-refractivity contribution in [2.45, 2.75) is 25.8 Å². The summed E-state index contributed by atoms with van der Waals surface area (Å²) in [6, 6.07) is 11.7. The van der Waals surface area contributed by atoms with Gasteiger partial charge < -0.3 is 10.6 Å². The van der Waals surface area contributed by atoms with Crippen molar-refractivity contribution in [2.75, 3.05) is 26.9 Å². The summed E-state index contributed by atoms with van der Waals surface area (Å²) in [6.45, 7) is 1.48. The number of sulfonamides is 2. The fraction of sp³-hybridized carbons (Fsp3) is 0.250. The van der Waals surface area contributed by atoms with E-state index >= 15 is 0 Å². The van der Waals surface area contributed by atoms with E-state index in [-0.39, 0.29) is 17.6 Å². The maximum atomic E-state index is 12.0. The number of aromatic nitrogens is 4. The van der Waals surface area contributed by atoms with E-state index in [9.17, 15) is 21.6 Å². The number of nitrogens with one attached hydrogen (secondary N) is 2. The van der Waals surface area contributed by atoms with Gasteiger partial charge in [0.15, 0.2) is 5.65 Å². The molecule has 38 heavy (non-hydrogen) atoms. The molecule has 4 aromatic rings. The van der Waals surface area contributed by atoms with Crippen LogP contribution in [0.1, 0.15) is 30.5 Å². The summed E-state index contributed by atoms with van der Waals surface area (Å²) in [4.78, 5) is 20.4. The van der Waals surface area contributed by atoms with Gasteiger partial charge in [-0.05, 0) is 60.4 Å². The van der Waals surface area contributed by atoms with Crippen LogP contribution in [0.2, 0.25) is 0 Å². The quantitative estimate of drug-likeness (QED) is 0.350. The average molecular weight is 556 g/mol. The first-order valence-electron chi connectivity index (χ1n) is 11.6. The number of hydrogen-bond acceptors (Lipinski definition) is 9. The van der Waals surface area contributed by atoms with Gasteiger partial charge in [0.1, 0.15) is 0 Å². The number of amides is 1. The number of benzene rings is 2. The third kappa shape index (κ3) is 5.04. The van der Waals surface area contributed by atoms with Gasteiger partial charge in [0.05, 0.1) is 35.8 Å². The summed E-state index contributed by atoms with van der Waals surface area (Å²) in [5, 5.41) is 11.2. The molecule has 2 aromatic carbocycles. The minimum Gasteiger partial charge on any atom is -0.326 e. The van der Waals surface area contributed by atoms with Crippen molar-refractivity contribution >= 4 is 60.0 Å². The highest BCUT2D eigenvalue weighted by molar-refractivity contribution is 8.09. The van der Waals surface area contributed by atoms with Crippen LogP contribution in [0.4, 0.5) is 23.0 Å². The molecular weight excluding hydrogens is 530 g/mol. The van der Waals surface area contributed by atoms with Crippen molar-refractivity contribution in [3.05, 3.63) is 66.0 Å². The molecule has 198 valence electrons. The van der Waals surface area contributed by atoms with Gasteiger partial charge in [0.2, 0.25) is 31.9 Å². The van der Waals surface area contributed by atoms with E-state index in [1.54, 1.807) is 24.5 Å². The second-order valence-electron chi connectivity index (χ2n) is 9.11. The minimum absolute atomic E-state index is 0.00319. The van der Waals surface area contributed by atoms with Gasteiger partial charge in [0, 0.05) is 24.5 Å². The Hall–Kier alpha value is -4.04. The zero-order valence-corrected chi connectivity index (χ0v) is 22.4. The summed E-state index contributed by atoms with van der Waals surface area (Å²) in [6.07, 6.45) is 6.71. The van der Waals surface area contributed by atoms with Crippen molar-refractivity contribution in [1.82, 2.24) is 19.7 Å². The molecule has 1 aliphatic carbocycles. The highest BCUT2D eigenvalue weighted by atomic mass is 32.3. The van der Waals surface area contributed by atoms with E-state index in [4.69, 9.17) is 0 Å². The molecule has 1 amide bonds. The van der Waals surface area contributed by atoms with Gasteiger partial charge in [-0.25, -0.2) is 26.5 Å². The molecule has 1 unspecified atom stereocenters. The third-order valence-corrected chi connectivity index (χ3v) is 9.33. The number of carbonyl (C=O) groups excluding carboxylic acids is 1. The van der Waals surface area contributed by atoms with Crippen LogP contribution in [0, 0.1) is 0 Å². The Balaban J connectivity index is 1.41. The SMILES string of the molecule is CC(=O)Nc1ccc2c(c1)CCC2n1ncc2cnc(Nc3ccc(N(S(C)(=O)=O)S(C)(=O)=O)cc3)nc21. The first kappa shape index (κ1) is 25.6. The van der Waals surface area contributed by atoms with Crippen LogP contribution < -0.4 is 14.3 Å². The van der Waals surface area contributed by atoms with Crippen molar-refractivity contribution in [1.29, 1.82) is 0 Å². The topological polar surface area (TPSA) is 156 Å². The average Bonchev–Trinajstić information content (AvgIpc) is 3.41. The fourth-order valence-corrected chi connectivity index (χ4v) is 7.66. The number of rotatable bonds is 7. The van der Waals surface area contributed by atoms with Crippen molar-refractivity contribution < 1.29 is 21.6 Å². The van der Waals surface area contributed by atoms with E-state index in [1.807, 2.05) is 22.9 Å². The molecule has 2 N–H and O–H groups in total. The molecule has 0 saturated carbocycles. The van der Waals surface area contributed by atoms with E-state index in [0.29, 0.717) is 21.0 Å². The Morgan fingerprint density at radius 1 is 1.00 bits per heavy atom. The van der Waals surface area contributed by atoms with Crippen LogP contribution in [0.25, 0.3) is 11.0 Å². The normalized spacial score (nSPS) is 15.3. The first-order chi connectivity index (χ1) is 17.9. The third-order valence-electron chi connectivity index (χ3n) is 6.08. The number of carbonyl (C=O) groups is 1. The Labute approximate surface area is 219 Å². The molecule has 0 radical (unpaired) electrons. The van der Waals surface area contributed by atoms with E-state index in [1.165, 1.54) is 19.1 Å². The predicted octanol–water partition coefficient (Wildman–Crippen LogP) is 2.79. The summed E-state index contributed by atoms with van der Waals surface area (Å²) in [5.74, 6) is 0.182. The standard InChI is InChI=1S/C24H25N7O5S2/c1-15(32)27-19-7-10-21-16(12-19)4-11-22(21)30-23-17(14-26-30)13-25-24(29-23)28-18-5-8-20(9-6-18)31(37(2,33)34)38(3,35)36/h5-10,12-14,22H,4,11H2,1-3H3,(H,27,32)(H,25,28,29). The van der Waals surface area contributed by atoms with Gasteiger partial charge >= 0.3 is 0 Å². The highest BCUT2D eigenvalue weighted by Crippen LogP contribution is 2.37. The molecule has 5 rings (SSSR count). The molecule has 0 bridgehead atoms. The van der Waals surface area contributed by atoms with Crippen LogP contribution in [-0.4, -0.2) is 55.0 Å². The lowest BCUT2D eigenvalue weighted by Gasteiger charge is -2.20. The lowest BCUT2D eigenvalue weighted by molar-refractivity contribution is -0.114. The summed E-state index contributed by atoms with van der Waals surface area (Å²) >= 11 is 0. The lowest BCUT2D eigenvalue weighted by Crippen LogP contribution is -2.35. The largest absolute Gasteiger partial charge is 0.326 e. The summed E-state index contributed by atoms with van der Waals surface area (Å²) in [5.41, 5.74) is 4.21. The summed E-state index contributed by atoms with van der Waals surface area (Å²) in [7, 11) is -8.07. The van der Waals surface area contributed by atoms with Gasteiger partial charge in [-0.3, -0.25) is 4.79 Å². The molecule has 0 fully saturated rings. The second-order valence-corrected chi connectivity index (χ2v) is 13.0. The molecule has 1 aliphatic rings. The molecular formula is C24H25N7O5S2. The molecule has 2 aromatic heterocycles. The zero-order chi connectivity index (χ0) is 27.2. The Bertz CT molecular complexity index is 1740. The van der Waals surface area contributed by atoms with Crippen molar-refractivity contribution in [2.24, 2.45) is 0 Å². The number of nitrogens with zero attached hydrogens (tertiary/aromatic N) is 5. The maximum absolute atomic E-state index is 12.0. The van der Waals surface area contributed by atoms with Crippen LogP contribution in [-0.2, 0) is 31.3 Å². The number of fused-ring (bicyclic) bond motifs is 2. The first-order valence-corrected chi connectivity index (χ1v) is 15.3. The Morgan fingerprint density at radius 3 is 2.34 bits per heavy atom. The van der Waals surface area contributed by atoms with Crippen molar-refractivity contribution in [3.63, 3.8) is 0 Å². The maximum Gasteiger partial charge on any atom is 0.245 e. The molecule has 0 spiro atoms. The Morgan fingerprint density at radius 2 is 1.68 bits per heavy atom. The van der Waals surface area contributed by atoms with Crippen LogP contribution >= 0.6 is 0 Å². The molecule has 12 nitrogen and oxygen atoms in total. The molecule has 0 aliphatic heterocycles. The molecule has 14 heteroatoms. The van der Waals surface area contributed by atoms with Crippen LogP contribution in [0.3, 0.4) is 0 Å². The predicted molar refractivity (Wildman–Crippen MR) is 144 cm³/mol. The molecule has 0 saturated heterocycles. The lowest BCUT2D eigenvalue weighted by atomic mass is 10.1. The molecule has 2 heterocycles. The number of anilines is 4. The summed E-state index contributed by atoms with van der Waals surface area (Å²) < 4.78 is 50.3. The zero-order valence-electron chi connectivity index (χ0n) is 20.8. The van der Waals surface area contributed by atoms with Crippen molar-refractivity contribution in [3.8, 4) is 0 Å². The van der Waals surface area contributed by atoms with Gasteiger partial charge in [-0.1, -0.05) is 6.07 Å². The van der Waals surface area contributed by atoms with Gasteiger partial charge in [0.25, 0.3) is 0 Å². The van der Waals surface area contributed by atoms with Gasteiger partial charge in [-0.15, -0.1) is 0 Å². The monoisotopic (exact) mass is 555 g/mol. The number of hydrogen-bond donors (Lipinski definition) is 2. The highest BCUT2D eigenvalue weighted by Gasteiger charge is 2.28. The fourth-order valence-electron chi connectivity index (χ4n) is 4.68. The second kappa shape index (κ2) is 9.36. The van der Waals surface area contributed by atoms with Gasteiger partial charge in [-0.2, -0.15) is 13.8 Å². The minimum atomic E-state index is -4.04. The van der Waals surface area contributed by atoms with Crippen LogP contribution in [0.15, 0.2) is 54.9 Å². The van der Waals surface area contributed by atoms with Crippen LogP contribution in [0.5, 0.6) is 0 Å². The van der Waals surface area contributed by atoms with E-state index < -0.39 is 20.0 Å². The van der Waals surface area contributed by atoms with E-state index in [2.05, 4.69) is 25.7 Å². The smallest absolute Gasteiger partial charge is 0.245 e. The Kier molecular flexibility index (Phi) is 6.31. The van der Waals surface area contributed by atoms with E-state index in [0.717, 1.165) is 47.6 Å².